The Hall–Kier alpha value is -1.68. The van der Waals surface area contributed by atoms with Gasteiger partial charge in [0.1, 0.15) is 0 Å². The highest BCUT2D eigenvalue weighted by Gasteiger charge is 2.05. The maximum Gasteiger partial charge on any atom is 0.0107 e. The van der Waals surface area contributed by atoms with Crippen LogP contribution < -0.4 is 11.1 Å². The van der Waals surface area contributed by atoms with Gasteiger partial charge in [0.15, 0.2) is 0 Å². The molecule has 124 valence electrons. The van der Waals surface area contributed by atoms with E-state index in [1.807, 2.05) is 0 Å². The third-order valence-electron chi connectivity index (χ3n) is 4.04. The Morgan fingerprint density at radius 2 is 1.22 bits per heavy atom. The van der Waals surface area contributed by atoms with Crippen molar-refractivity contribution in [2.45, 2.75) is 12.8 Å². The third kappa shape index (κ3) is 7.42. The lowest BCUT2D eigenvalue weighted by atomic mass is 10.1. The van der Waals surface area contributed by atoms with E-state index in [4.69, 9.17) is 5.73 Å². The van der Waals surface area contributed by atoms with Gasteiger partial charge in [-0.25, -0.2) is 0 Å². The van der Waals surface area contributed by atoms with Crippen LogP contribution in [-0.2, 0) is 12.8 Å². The molecule has 2 aromatic rings. The fraction of sp³-hybridized carbons (Fsp3) is 0.400. The van der Waals surface area contributed by atoms with E-state index in [2.05, 4.69) is 70.9 Å². The van der Waals surface area contributed by atoms with Crippen LogP contribution in [0.5, 0.6) is 0 Å². The third-order valence-corrected chi connectivity index (χ3v) is 4.04. The van der Waals surface area contributed by atoms with Crippen LogP contribution in [0, 0.1) is 0 Å². The summed E-state index contributed by atoms with van der Waals surface area (Å²) in [6.07, 6.45) is 2.21. The minimum atomic E-state index is 0.702. The first-order chi connectivity index (χ1) is 11.4. The monoisotopic (exact) mass is 311 g/mol. The van der Waals surface area contributed by atoms with Gasteiger partial charge in [-0.2, -0.15) is 0 Å². The number of benzene rings is 2. The molecule has 0 fully saturated rings. The molecule has 0 spiro atoms. The van der Waals surface area contributed by atoms with Crippen LogP contribution in [0.2, 0.25) is 0 Å². The fourth-order valence-corrected chi connectivity index (χ4v) is 2.66. The molecule has 3 N–H and O–H groups in total. The van der Waals surface area contributed by atoms with E-state index < -0.39 is 0 Å². The molecule has 0 atom stereocenters. The normalized spacial score (nSPS) is 11.0. The van der Waals surface area contributed by atoms with Gasteiger partial charge in [0.2, 0.25) is 0 Å². The van der Waals surface area contributed by atoms with Crippen molar-refractivity contribution in [2.24, 2.45) is 5.73 Å². The molecule has 0 bridgehead atoms. The molecular formula is C20H29N3. The summed E-state index contributed by atoms with van der Waals surface area (Å²) in [5.74, 6) is 0. The second-order valence-corrected chi connectivity index (χ2v) is 5.85. The highest BCUT2D eigenvalue weighted by Crippen LogP contribution is 2.04. The minimum absolute atomic E-state index is 0.702. The van der Waals surface area contributed by atoms with Gasteiger partial charge in [-0.3, -0.25) is 0 Å². The Morgan fingerprint density at radius 1 is 0.696 bits per heavy atom. The summed E-state index contributed by atoms with van der Waals surface area (Å²) in [7, 11) is 0. The molecule has 0 heterocycles. The van der Waals surface area contributed by atoms with Crippen molar-refractivity contribution in [3.05, 3.63) is 71.8 Å². The first kappa shape index (κ1) is 17.7. The molecule has 23 heavy (non-hydrogen) atoms. The lowest BCUT2D eigenvalue weighted by Crippen LogP contribution is -2.36. The van der Waals surface area contributed by atoms with E-state index in [1.54, 1.807) is 0 Å². The molecule has 0 aliphatic rings. The van der Waals surface area contributed by atoms with Crippen molar-refractivity contribution in [3.8, 4) is 0 Å². The second kappa shape index (κ2) is 10.9. The summed E-state index contributed by atoms with van der Waals surface area (Å²) in [5.41, 5.74) is 8.36. The van der Waals surface area contributed by atoms with Gasteiger partial charge < -0.3 is 16.0 Å². The molecule has 2 aromatic carbocycles. The Bertz CT molecular complexity index is 469. The molecule has 2 rings (SSSR count). The van der Waals surface area contributed by atoms with Crippen molar-refractivity contribution in [3.63, 3.8) is 0 Å². The number of hydrogen-bond donors (Lipinski definition) is 2. The summed E-state index contributed by atoms with van der Waals surface area (Å²) in [6.45, 7) is 5.86. The van der Waals surface area contributed by atoms with E-state index in [0.29, 0.717) is 6.54 Å². The quantitative estimate of drug-likeness (QED) is 0.626. The molecular weight excluding hydrogens is 282 g/mol. The number of rotatable bonds is 11. The predicted octanol–water partition coefficient (Wildman–Crippen LogP) is 2.32. The van der Waals surface area contributed by atoms with E-state index in [0.717, 1.165) is 45.6 Å². The highest BCUT2D eigenvalue weighted by molar-refractivity contribution is 5.16. The number of nitrogens with two attached hydrogens (primary N) is 1. The molecule has 0 saturated carbocycles. The second-order valence-electron chi connectivity index (χ2n) is 5.85. The highest BCUT2D eigenvalue weighted by atomic mass is 15.1. The maximum absolute atomic E-state index is 5.54. The molecule has 3 nitrogen and oxygen atoms in total. The van der Waals surface area contributed by atoms with Gasteiger partial charge >= 0.3 is 0 Å². The topological polar surface area (TPSA) is 41.3 Å². The van der Waals surface area contributed by atoms with Gasteiger partial charge in [0.05, 0.1) is 0 Å². The van der Waals surface area contributed by atoms with Crippen LogP contribution in [0.1, 0.15) is 11.1 Å². The fourth-order valence-electron chi connectivity index (χ4n) is 2.66. The molecule has 0 aliphatic carbocycles. The van der Waals surface area contributed by atoms with E-state index in [-0.39, 0.29) is 0 Å². The van der Waals surface area contributed by atoms with Crippen LogP contribution in [0.15, 0.2) is 60.7 Å². The Labute approximate surface area is 140 Å². The average Bonchev–Trinajstić information content (AvgIpc) is 2.62. The molecule has 0 saturated heterocycles. The Morgan fingerprint density at radius 3 is 1.70 bits per heavy atom. The van der Waals surface area contributed by atoms with Crippen molar-refractivity contribution in [1.82, 2.24) is 10.2 Å². The zero-order valence-corrected chi connectivity index (χ0v) is 14.0. The van der Waals surface area contributed by atoms with Gasteiger partial charge in [0.25, 0.3) is 0 Å². The lowest BCUT2D eigenvalue weighted by molar-refractivity contribution is 0.280. The number of nitrogens with one attached hydrogen (secondary N) is 1. The zero-order chi connectivity index (χ0) is 16.2. The van der Waals surface area contributed by atoms with E-state index in [9.17, 15) is 0 Å². The van der Waals surface area contributed by atoms with Crippen molar-refractivity contribution in [2.75, 3.05) is 39.3 Å². The van der Waals surface area contributed by atoms with Gasteiger partial charge in [-0.15, -0.1) is 0 Å². The van der Waals surface area contributed by atoms with Gasteiger partial charge in [-0.05, 0) is 24.0 Å². The largest absolute Gasteiger partial charge is 0.329 e. The Kier molecular flexibility index (Phi) is 8.41. The van der Waals surface area contributed by atoms with Gasteiger partial charge in [0, 0.05) is 39.3 Å². The maximum atomic E-state index is 5.54. The van der Waals surface area contributed by atoms with Crippen LogP contribution in [-0.4, -0.2) is 44.2 Å². The van der Waals surface area contributed by atoms with Crippen LogP contribution in [0.4, 0.5) is 0 Å². The summed E-state index contributed by atoms with van der Waals surface area (Å²) in [4.78, 5) is 2.55. The van der Waals surface area contributed by atoms with E-state index in [1.165, 1.54) is 11.1 Å². The summed E-state index contributed by atoms with van der Waals surface area (Å²) < 4.78 is 0. The van der Waals surface area contributed by atoms with Crippen LogP contribution >= 0.6 is 0 Å². The first-order valence-electron chi connectivity index (χ1n) is 8.59. The van der Waals surface area contributed by atoms with Gasteiger partial charge in [-0.1, -0.05) is 60.7 Å². The lowest BCUT2D eigenvalue weighted by Gasteiger charge is -2.22. The van der Waals surface area contributed by atoms with E-state index >= 15 is 0 Å². The average molecular weight is 311 g/mol. The Balaban J connectivity index is 1.80. The molecule has 0 aromatic heterocycles. The first-order valence-corrected chi connectivity index (χ1v) is 8.59. The molecule has 0 aliphatic heterocycles. The molecule has 3 heteroatoms. The van der Waals surface area contributed by atoms with Crippen molar-refractivity contribution in [1.29, 1.82) is 0 Å². The van der Waals surface area contributed by atoms with Crippen LogP contribution in [0.25, 0.3) is 0 Å². The number of nitrogens with zero attached hydrogens (tertiary/aromatic N) is 1. The summed E-state index contributed by atoms with van der Waals surface area (Å²) in [6, 6.07) is 21.5. The van der Waals surface area contributed by atoms with Crippen molar-refractivity contribution >= 4 is 0 Å². The molecule has 0 unspecified atom stereocenters. The number of hydrogen-bond acceptors (Lipinski definition) is 3. The molecule has 0 amide bonds. The molecule has 0 radical (unpaired) electrons. The summed E-state index contributed by atoms with van der Waals surface area (Å²) >= 11 is 0. The standard InChI is InChI=1S/C20H29N3/c21-13-14-22-15-18-23(16-11-19-7-3-1-4-8-19)17-12-20-9-5-2-6-10-20/h1-10,22H,11-18,21H2. The minimum Gasteiger partial charge on any atom is -0.329 e. The zero-order valence-electron chi connectivity index (χ0n) is 14.0. The SMILES string of the molecule is NCCNCCN(CCc1ccccc1)CCc1ccccc1. The predicted molar refractivity (Wildman–Crippen MR) is 98.7 cm³/mol. The van der Waals surface area contributed by atoms with Crippen LogP contribution in [0.3, 0.4) is 0 Å². The smallest absolute Gasteiger partial charge is 0.0107 e. The summed E-state index contributed by atoms with van der Waals surface area (Å²) in [5, 5.41) is 3.40. The van der Waals surface area contributed by atoms with Crippen molar-refractivity contribution < 1.29 is 0 Å².